The molecule has 0 aliphatic carbocycles. The zero-order chi connectivity index (χ0) is 14.1. The van der Waals surface area contributed by atoms with Crippen molar-refractivity contribution >= 4 is 29.3 Å². The van der Waals surface area contributed by atoms with Crippen molar-refractivity contribution in [3.63, 3.8) is 0 Å². The number of nitrogens with zero attached hydrogens (tertiary/aromatic N) is 4. The van der Waals surface area contributed by atoms with E-state index in [1.54, 1.807) is 4.57 Å². The number of H-pyrrole nitrogens is 1. The van der Waals surface area contributed by atoms with Crippen molar-refractivity contribution in [2.75, 3.05) is 20.2 Å². The Morgan fingerprint density at radius 3 is 2.90 bits per heavy atom. The van der Waals surface area contributed by atoms with Gasteiger partial charge in [-0.2, -0.15) is 4.98 Å². The van der Waals surface area contributed by atoms with E-state index < -0.39 is 0 Å². The van der Waals surface area contributed by atoms with Crippen molar-refractivity contribution in [3.8, 4) is 5.88 Å². The Morgan fingerprint density at radius 1 is 1.45 bits per heavy atom. The minimum atomic E-state index is 0.0667. The number of methoxy groups -OCH3 is 1. The highest BCUT2D eigenvalue weighted by molar-refractivity contribution is 7.71. The number of ether oxygens (including phenoxy) is 1. The summed E-state index contributed by atoms with van der Waals surface area (Å²) in [6.07, 6.45) is 3.54. The van der Waals surface area contributed by atoms with Gasteiger partial charge in [-0.15, -0.1) is 0 Å². The van der Waals surface area contributed by atoms with Gasteiger partial charge in [-0.05, 0) is 25.1 Å². The van der Waals surface area contributed by atoms with Crippen LogP contribution >= 0.6 is 12.2 Å². The third-order valence-electron chi connectivity index (χ3n) is 3.47. The number of likely N-dealkylation sites (tertiary alicyclic amines) is 1. The summed E-state index contributed by atoms with van der Waals surface area (Å²) in [7, 11) is 1.53. The molecule has 1 N–H and O–H groups in total. The molecule has 0 spiro atoms. The number of carbonyl (C=O) groups is 1. The molecule has 0 aromatic carbocycles. The van der Waals surface area contributed by atoms with Gasteiger partial charge in [0.25, 0.3) is 0 Å². The van der Waals surface area contributed by atoms with Gasteiger partial charge in [-0.3, -0.25) is 9.36 Å². The maximum atomic E-state index is 12.2. The number of imidazole rings is 1. The van der Waals surface area contributed by atoms with Crippen molar-refractivity contribution in [2.45, 2.75) is 19.4 Å². The fourth-order valence-corrected chi connectivity index (χ4v) is 2.70. The van der Waals surface area contributed by atoms with Crippen LogP contribution in [0.4, 0.5) is 0 Å². The van der Waals surface area contributed by atoms with E-state index >= 15 is 0 Å². The van der Waals surface area contributed by atoms with Gasteiger partial charge in [-0.25, -0.2) is 4.98 Å². The zero-order valence-electron chi connectivity index (χ0n) is 11.1. The molecule has 1 fully saturated rings. The molecular weight excluding hydrogens is 278 g/mol. The molecule has 0 radical (unpaired) electrons. The number of rotatable bonds is 3. The van der Waals surface area contributed by atoms with E-state index in [0.717, 1.165) is 25.9 Å². The number of fused-ring (bicyclic) bond motifs is 1. The average molecular weight is 293 g/mol. The third kappa shape index (κ3) is 2.15. The molecule has 3 heterocycles. The van der Waals surface area contributed by atoms with Crippen LogP contribution in [0.5, 0.6) is 5.88 Å². The van der Waals surface area contributed by atoms with E-state index in [1.807, 2.05) is 4.90 Å². The first-order valence-corrected chi connectivity index (χ1v) is 6.87. The van der Waals surface area contributed by atoms with Gasteiger partial charge >= 0.3 is 0 Å². The standard InChI is InChI=1S/C12H15N5O2S/c1-19-11-9-10(13-7-14-11)17(12(20)15-9)6-8(18)16-4-2-3-5-16/h7H,2-6H2,1H3,(H,15,20). The molecule has 1 aliphatic heterocycles. The third-order valence-corrected chi connectivity index (χ3v) is 3.79. The number of aromatic nitrogens is 4. The SMILES string of the molecule is COc1ncnc2c1[nH]c(=S)n2CC(=O)N1CCCC1. The fraction of sp³-hybridized carbons (Fsp3) is 0.500. The van der Waals surface area contributed by atoms with Crippen LogP contribution in [0.25, 0.3) is 11.2 Å². The van der Waals surface area contributed by atoms with Crippen molar-refractivity contribution in [3.05, 3.63) is 11.1 Å². The van der Waals surface area contributed by atoms with Crippen LogP contribution in [0.1, 0.15) is 12.8 Å². The maximum absolute atomic E-state index is 12.2. The molecule has 0 saturated carbocycles. The van der Waals surface area contributed by atoms with Gasteiger partial charge in [0.1, 0.15) is 18.4 Å². The molecule has 1 amide bonds. The van der Waals surface area contributed by atoms with Crippen LogP contribution in [0.2, 0.25) is 0 Å². The van der Waals surface area contributed by atoms with Crippen LogP contribution in [0, 0.1) is 4.77 Å². The van der Waals surface area contributed by atoms with E-state index in [4.69, 9.17) is 17.0 Å². The Hall–Kier alpha value is -1.96. The number of nitrogens with one attached hydrogen (secondary N) is 1. The second kappa shape index (κ2) is 5.20. The largest absolute Gasteiger partial charge is 0.479 e. The summed E-state index contributed by atoms with van der Waals surface area (Å²) in [5, 5.41) is 0. The van der Waals surface area contributed by atoms with E-state index in [1.165, 1.54) is 13.4 Å². The van der Waals surface area contributed by atoms with Crippen molar-refractivity contribution in [1.29, 1.82) is 0 Å². The molecule has 0 bridgehead atoms. The lowest BCUT2D eigenvalue weighted by atomic mass is 10.4. The first kappa shape index (κ1) is 13.0. The summed E-state index contributed by atoms with van der Waals surface area (Å²) >= 11 is 5.27. The molecular formula is C12H15N5O2S. The Balaban J connectivity index is 1.97. The predicted molar refractivity (Wildman–Crippen MR) is 75.1 cm³/mol. The monoisotopic (exact) mass is 293 g/mol. The number of aromatic amines is 1. The lowest BCUT2D eigenvalue weighted by molar-refractivity contribution is -0.130. The fourth-order valence-electron chi connectivity index (χ4n) is 2.45. The minimum absolute atomic E-state index is 0.0667. The first-order chi connectivity index (χ1) is 9.70. The van der Waals surface area contributed by atoms with Crippen molar-refractivity contribution in [2.24, 2.45) is 0 Å². The van der Waals surface area contributed by atoms with Crippen molar-refractivity contribution < 1.29 is 9.53 Å². The van der Waals surface area contributed by atoms with Crippen molar-refractivity contribution in [1.82, 2.24) is 24.4 Å². The number of hydrogen-bond acceptors (Lipinski definition) is 5. The zero-order valence-corrected chi connectivity index (χ0v) is 11.9. The molecule has 2 aromatic rings. The molecule has 7 nitrogen and oxygen atoms in total. The topological polar surface area (TPSA) is 76.0 Å². The quantitative estimate of drug-likeness (QED) is 0.858. The molecule has 3 rings (SSSR count). The van der Waals surface area contributed by atoms with Gasteiger partial charge < -0.3 is 14.6 Å². The second-order valence-corrected chi connectivity index (χ2v) is 5.07. The Bertz CT molecular complexity index is 701. The lowest BCUT2D eigenvalue weighted by Gasteiger charge is -2.15. The van der Waals surface area contributed by atoms with Crippen LogP contribution in [0.3, 0.4) is 0 Å². The molecule has 1 saturated heterocycles. The molecule has 1 aliphatic rings. The van der Waals surface area contributed by atoms with Gasteiger partial charge in [0.2, 0.25) is 11.8 Å². The highest BCUT2D eigenvalue weighted by atomic mass is 32.1. The van der Waals surface area contributed by atoms with Gasteiger partial charge in [0.05, 0.1) is 7.11 Å². The summed E-state index contributed by atoms with van der Waals surface area (Å²) in [6.45, 7) is 1.85. The molecule has 8 heteroatoms. The summed E-state index contributed by atoms with van der Waals surface area (Å²) in [6, 6.07) is 0. The first-order valence-electron chi connectivity index (χ1n) is 6.46. The van der Waals surface area contributed by atoms with E-state index in [2.05, 4.69) is 15.0 Å². The van der Waals surface area contributed by atoms with Crippen LogP contribution in [0.15, 0.2) is 6.33 Å². The Kier molecular flexibility index (Phi) is 3.39. The molecule has 0 unspecified atom stereocenters. The summed E-state index contributed by atoms with van der Waals surface area (Å²) in [5.41, 5.74) is 1.21. The Morgan fingerprint density at radius 2 is 2.20 bits per heavy atom. The normalized spacial score (nSPS) is 14.9. The summed E-state index contributed by atoms with van der Waals surface area (Å²) in [5.74, 6) is 0.491. The van der Waals surface area contributed by atoms with Crippen LogP contribution in [-0.4, -0.2) is 50.5 Å². The maximum Gasteiger partial charge on any atom is 0.242 e. The number of hydrogen-bond donors (Lipinski definition) is 1. The number of amides is 1. The van der Waals surface area contributed by atoms with Gasteiger partial charge in [-0.1, -0.05) is 0 Å². The van der Waals surface area contributed by atoms with Gasteiger partial charge in [0, 0.05) is 13.1 Å². The number of carbonyl (C=O) groups excluding carboxylic acids is 1. The second-order valence-electron chi connectivity index (χ2n) is 4.69. The van der Waals surface area contributed by atoms with Gasteiger partial charge in [0.15, 0.2) is 10.4 Å². The van der Waals surface area contributed by atoms with E-state index in [9.17, 15) is 4.79 Å². The molecule has 20 heavy (non-hydrogen) atoms. The summed E-state index contributed by atoms with van der Waals surface area (Å²) < 4.78 is 7.30. The van der Waals surface area contributed by atoms with E-state index in [0.29, 0.717) is 21.8 Å². The molecule has 2 aromatic heterocycles. The van der Waals surface area contributed by atoms with Crippen LogP contribution in [-0.2, 0) is 11.3 Å². The average Bonchev–Trinajstić information content (AvgIpc) is 3.07. The predicted octanol–water partition coefficient (Wildman–Crippen LogP) is 1.12. The highest BCUT2D eigenvalue weighted by Gasteiger charge is 2.20. The Labute approximate surface area is 120 Å². The molecule has 0 atom stereocenters. The summed E-state index contributed by atoms with van der Waals surface area (Å²) in [4.78, 5) is 25.3. The van der Waals surface area contributed by atoms with Crippen LogP contribution < -0.4 is 4.74 Å². The smallest absolute Gasteiger partial charge is 0.242 e. The minimum Gasteiger partial charge on any atom is -0.479 e. The molecule has 106 valence electrons. The highest BCUT2D eigenvalue weighted by Crippen LogP contribution is 2.20. The lowest BCUT2D eigenvalue weighted by Crippen LogP contribution is -2.31. The van der Waals surface area contributed by atoms with E-state index in [-0.39, 0.29) is 12.5 Å².